The molecule has 1 aliphatic carbocycles. The number of rotatable bonds is 11. The molecule has 0 saturated heterocycles. The maximum atomic E-state index is 11.2. The number of hydrogen-bond acceptors (Lipinski definition) is 8. The van der Waals surface area contributed by atoms with Crippen molar-refractivity contribution >= 4 is 34.4 Å². The molecule has 2 N–H and O–H groups in total. The first-order chi connectivity index (χ1) is 16.7. The Morgan fingerprint density at radius 3 is 2.82 bits per heavy atom. The van der Waals surface area contributed by atoms with Crippen LogP contribution in [0.15, 0.2) is 36.7 Å². The third kappa shape index (κ3) is 6.39. The average molecular weight is 479 g/mol. The summed E-state index contributed by atoms with van der Waals surface area (Å²) in [5, 5.41) is 7.44. The second-order valence-corrected chi connectivity index (χ2v) is 9.94. The van der Waals surface area contributed by atoms with Gasteiger partial charge in [-0.2, -0.15) is 0 Å². The van der Waals surface area contributed by atoms with Crippen molar-refractivity contribution in [2.45, 2.75) is 51.4 Å². The van der Waals surface area contributed by atoms with Gasteiger partial charge in [0.1, 0.15) is 6.29 Å². The van der Waals surface area contributed by atoms with Crippen molar-refractivity contribution < 1.29 is 4.79 Å². The summed E-state index contributed by atoms with van der Waals surface area (Å²) in [7, 11) is 1.94. The largest absolute Gasteiger partial charge is 0.341 e. The highest BCUT2D eigenvalue weighted by molar-refractivity contribution is 7.18. The van der Waals surface area contributed by atoms with E-state index in [0.29, 0.717) is 18.4 Å². The van der Waals surface area contributed by atoms with Crippen LogP contribution in [0.1, 0.15) is 55.7 Å². The molecule has 180 valence electrons. The highest BCUT2D eigenvalue weighted by Crippen LogP contribution is 2.34. The van der Waals surface area contributed by atoms with E-state index in [1.807, 2.05) is 24.3 Å². The van der Waals surface area contributed by atoms with E-state index in [0.717, 1.165) is 58.3 Å². The van der Waals surface area contributed by atoms with Crippen LogP contribution in [0.25, 0.3) is 10.4 Å². The zero-order chi connectivity index (χ0) is 23.8. The molecule has 4 rings (SSSR count). The van der Waals surface area contributed by atoms with Gasteiger partial charge in [0.15, 0.2) is 5.13 Å². The van der Waals surface area contributed by atoms with Gasteiger partial charge in [0, 0.05) is 36.2 Å². The topological polar surface area (TPSA) is 83.0 Å². The number of aldehydes is 1. The molecule has 34 heavy (non-hydrogen) atoms. The van der Waals surface area contributed by atoms with Crippen molar-refractivity contribution in [2.24, 2.45) is 0 Å². The third-order valence-corrected chi connectivity index (χ3v) is 7.34. The maximum Gasteiger partial charge on any atom is 0.227 e. The lowest BCUT2D eigenvalue weighted by Crippen LogP contribution is -2.28. The zero-order valence-electron chi connectivity index (χ0n) is 20.1. The molecular formula is C26H34N6OS. The first kappa shape index (κ1) is 24.3. The highest BCUT2D eigenvalue weighted by Gasteiger charge is 2.17. The van der Waals surface area contributed by atoms with Crippen LogP contribution in [0, 0.1) is 6.92 Å². The first-order valence-electron chi connectivity index (χ1n) is 12.2. The van der Waals surface area contributed by atoms with Gasteiger partial charge in [-0.1, -0.05) is 36.7 Å². The van der Waals surface area contributed by atoms with Crippen LogP contribution in [0.5, 0.6) is 0 Å². The molecule has 0 unspecified atom stereocenters. The molecule has 1 aromatic carbocycles. The quantitative estimate of drug-likeness (QED) is 0.285. The van der Waals surface area contributed by atoms with Gasteiger partial charge in [-0.05, 0) is 69.1 Å². The molecule has 0 radical (unpaired) electrons. The van der Waals surface area contributed by atoms with Gasteiger partial charge in [-0.15, -0.1) is 0 Å². The summed E-state index contributed by atoms with van der Waals surface area (Å²) in [6, 6.07) is 8.45. The Morgan fingerprint density at radius 1 is 1.18 bits per heavy atom. The van der Waals surface area contributed by atoms with Crippen LogP contribution in [-0.2, 0) is 4.79 Å². The number of aromatic nitrogens is 3. The van der Waals surface area contributed by atoms with Gasteiger partial charge in [-0.25, -0.2) is 15.0 Å². The van der Waals surface area contributed by atoms with E-state index in [1.54, 1.807) is 11.3 Å². The van der Waals surface area contributed by atoms with Crippen molar-refractivity contribution in [2.75, 3.05) is 36.9 Å². The summed E-state index contributed by atoms with van der Waals surface area (Å²) in [5.41, 5.74) is 4.35. The first-order valence-corrected chi connectivity index (χ1v) is 13.0. The monoisotopic (exact) mass is 478 g/mol. The normalized spacial score (nSPS) is 14.2. The van der Waals surface area contributed by atoms with Crippen LogP contribution >= 0.6 is 11.3 Å². The Hall–Kier alpha value is -2.84. The Balaban J connectivity index is 1.51. The predicted octanol–water partition coefficient (Wildman–Crippen LogP) is 5.31. The SMILES string of the molecule is CNCCCN(CC=O)c1ncc(-c2cc(C)cc(Nc3nccc(C4CCCCC4)n3)c2)s1. The van der Waals surface area contributed by atoms with E-state index in [4.69, 9.17) is 4.98 Å². The molecule has 0 spiro atoms. The van der Waals surface area contributed by atoms with Crippen molar-refractivity contribution in [1.82, 2.24) is 20.3 Å². The molecule has 3 aromatic rings. The van der Waals surface area contributed by atoms with Crippen molar-refractivity contribution in [3.8, 4) is 10.4 Å². The Labute approximate surface area is 206 Å². The Bertz CT molecular complexity index is 1080. The second kappa shape index (κ2) is 12.0. The molecule has 1 saturated carbocycles. The van der Waals surface area contributed by atoms with Crippen LogP contribution in [0.3, 0.4) is 0 Å². The number of nitrogens with one attached hydrogen (secondary N) is 2. The number of carbonyl (C=O) groups excluding carboxylic acids is 1. The maximum absolute atomic E-state index is 11.2. The Kier molecular flexibility index (Phi) is 8.60. The van der Waals surface area contributed by atoms with E-state index in [9.17, 15) is 4.79 Å². The van der Waals surface area contributed by atoms with Gasteiger partial charge in [0.05, 0.1) is 11.4 Å². The van der Waals surface area contributed by atoms with E-state index in [1.165, 1.54) is 32.1 Å². The fourth-order valence-corrected chi connectivity index (χ4v) is 5.47. The molecule has 0 amide bonds. The summed E-state index contributed by atoms with van der Waals surface area (Å²) in [6.07, 6.45) is 12.0. The molecule has 0 aliphatic heterocycles. The third-order valence-electron chi connectivity index (χ3n) is 6.23. The summed E-state index contributed by atoms with van der Waals surface area (Å²) in [6.45, 7) is 4.14. The van der Waals surface area contributed by atoms with E-state index in [-0.39, 0.29) is 0 Å². The number of nitrogens with zero attached hydrogens (tertiary/aromatic N) is 4. The van der Waals surface area contributed by atoms with Crippen molar-refractivity contribution in [1.29, 1.82) is 0 Å². The van der Waals surface area contributed by atoms with E-state index >= 15 is 0 Å². The highest BCUT2D eigenvalue weighted by atomic mass is 32.1. The minimum atomic E-state index is 0.353. The van der Waals surface area contributed by atoms with Crippen LogP contribution in [-0.4, -0.2) is 47.9 Å². The van der Waals surface area contributed by atoms with Gasteiger partial charge in [-0.3, -0.25) is 0 Å². The number of aryl methyl sites for hydroxylation is 1. The summed E-state index contributed by atoms with van der Waals surface area (Å²) in [5.74, 6) is 1.19. The molecule has 1 fully saturated rings. The standard InChI is InChI=1S/C26H34N6OS/c1-19-15-21(24-18-29-26(34-24)32(13-14-33)12-6-10-27-2)17-22(16-19)30-25-28-11-9-23(31-25)20-7-4-3-5-8-20/h9,11,14-18,20,27H,3-8,10,12-13H2,1-2H3,(H,28,30,31). The van der Waals surface area contributed by atoms with Crippen LogP contribution < -0.4 is 15.5 Å². The van der Waals surface area contributed by atoms with Crippen LogP contribution in [0.2, 0.25) is 0 Å². The molecule has 8 heteroatoms. The van der Waals surface area contributed by atoms with Crippen molar-refractivity contribution in [3.05, 3.63) is 47.9 Å². The molecule has 7 nitrogen and oxygen atoms in total. The minimum absolute atomic E-state index is 0.353. The fourth-order valence-electron chi connectivity index (χ4n) is 4.53. The fraction of sp³-hybridized carbons (Fsp3) is 0.462. The molecule has 0 atom stereocenters. The summed E-state index contributed by atoms with van der Waals surface area (Å²) < 4.78 is 0. The van der Waals surface area contributed by atoms with E-state index < -0.39 is 0 Å². The number of hydrogen-bond donors (Lipinski definition) is 2. The zero-order valence-corrected chi connectivity index (χ0v) is 20.9. The number of anilines is 3. The number of thiazole rings is 1. The van der Waals surface area contributed by atoms with Crippen molar-refractivity contribution in [3.63, 3.8) is 0 Å². The molecular weight excluding hydrogens is 444 g/mol. The molecule has 2 heterocycles. The Morgan fingerprint density at radius 2 is 2.03 bits per heavy atom. The average Bonchev–Trinajstić information content (AvgIpc) is 3.34. The van der Waals surface area contributed by atoms with Gasteiger partial charge < -0.3 is 20.3 Å². The summed E-state index contributed by atoms with van der Waals surface area (Å²) >= 11 is 1.61. The lowest BCUT2D eigenvalue weighted by Gasteiger charge is -2.21. The minimum Gasteiger partial charge on any atom is -0.341 e. The van der Waals surface area contributed by atoms with Gasteiger partial charge >= 0.3 is 0 Å². The second-order valence-electron chi connectivity index (χ2n) is 8.93. The summed E-state index contributed by atoms with van der Waals surface area (Å²) in [4.78, 5) is 28.2. The number of benzene rings is 1. The van der Waals surface area contributed by atoms with E-state index in [2.05, 4.69) is 51.8 Å². The molecule has 1 aliphatic rings. The predicted molar refractivity (Wildman–Crippen MR) is 140 cm³/mol. The lowest BCUT2D eigenvalue weighted by molar-refractivity contribution is -0.106. The molecule has 0 bridgehead atoms. The molecule has 2 aromatic heterocycles. The number of carbonyl (C=O) groups is 1. The lowest BCUT2D eigenvalue weighted by atomic mass is 9.87. The van der Waals surface area contributed by atoms with Gasteiger partial charge in [0.25, 0.3) is 0 Å². The smallest absolute Gasteiger partial charge is 0.227 e. The van der Waals surface area contributed by atoms with Gasteiger partial charge in [0.2, 0.25) is 5.95 Å². The van der Waals surface area contributed by atoms with Crippen LogP contribution in [0.4, 0.5) is 16.8 Å².